The van der Waals surface area contributed by atoms with Gasteiger partial charge in [-0.15, -0.1) is 0 Å². The van der Waals surface area contributed by atoms with E-state index in [0.717, 1.165) is 32.5 Å². The lowest BCUT2D eigenvalue weighted by Gasteiger charge is -2.33. The molecule has 3 rings (SSSR count). The third-order valence-corrected chi connectivity index (χ3v) is 6.99. The van der Waals surface area contributed by atoms with Gasteiger partial charge in [0, 0.05) is 38.3 Å². The number of hydrogen-bond donors (Lipinski definition) is 1. The Hall–Kier alpha value is -1.70. The van der Waals surface area contributed by atoms with Crippen LogP contribution in [0.25, 0.3) is 0 Å². The molecule has 1 saturated heterocycles. The quantitative estimate of drug-likeness (QED) is 0.773. The molecule has 1 aliphatic heterocycles. The van der Waals surface area contributed by atoms with E-state index in [2.05, 4.69) is 29.3 Å². The molecular formula is C19H27N3O3S. The number of carbonyl (C=O) groups excluding carboxylic acids is 1. The van der Waals surface area contributed by atoms with Gasteiger partial charge in [-0.25, -0.2) is 8.42 Å². The van der Waals surface area contributed by atoms with Crippen molar-refractivity contribution in [3.05, 3.63) is 36.4 Å². The van der Waals surface area contributed by atoms with Crippen LogP contribution in [0.3, 0.4) is 0 Å². The molecule has 1 N–H and O–H groups in total. The molecule has 1 unspecified atom stereocenters. The Morgan fingerprint density at radius 3 is 2.65 bits per heavy atom. The van der Waals surface area contributed by atoms with Crippen LogP contribution in [0.1, 0.15) is 26.2 Å². The lowest BCUT2D eigenvalue weighted by Crippen LogP contribution is -2.48. The molecule has 2 aliphatic rings. The summed E-state index contributed by atoms with van der Waals surface area (Å²) in [5.74, 6) is 0.212. The van der Waals surface area contributed by atoms with Crippen LogP contribution in [0.4, 0.5) is 5.69 Å². The van der Waals surface area contributed by atoms with E-state index >= 15 is 0 Å². The van der Waals surface area contributed by atoms with Crippen molar-refractivity contribution in [2.45, 2.75) is 31.1 Å². The van der Waals surface area contributed by atoms with Crippen molar-refractivity contribution < 1.29 is 13.2 Å². The molecule has 1 amide bonds. The maximum atomic E-state index is 12.9. The van der Waals surface area contributed by atoms with Crippen molar-refractivity contribution in [3.8, 4) is 0 Å². The average molecular weight is 378 g/mol. The van der Waals surface area contributed by atoms with E-state index in [-0.39, 0.29) is 16.7 Å². The van der Waals surface area contributed by atoms with Crippen LogP contribution >= 0.6 is 0 Å². The summed E-state index contributed by atoms with van der Waals surface area (Å²) in [5, 5.41) is 2.84. The smallest absolute Gasteiger partial charge is 0.243 e. The van der Waals surface area contributed by atoms with Crippen molar-refractivity contribution in [3.63, 3.8) is 0 Å². The Kier molecular flexibility index (Phi) is 6.11. The summed E-state index contributed by atoms with van der Waals surface area (Å²) in [7, 11) is -3.53. The van der Waals surface area contributed by atoms with Crippen LogP contribution in [0, 0.1) is 5.92 Å². The normalized spacial score (nSPS) is 21.8. The first-order chi connectivity index (χ1) is 12.5. The first-order valence-electron chi connectivity index (χ1n) is 9.28. The summed E-state index contributed by atoms with van der Waals surface area (Å²) >= 11 is 0. The molecule has 0 aromatic heterocycles. The zero-order valence-corrected chi connectivity index (χ0v) is 16.0. The highest BCUT2D eigenvalue weighted by Gasteiger charge is 2.28. The van der Waals surface area contributed by atoms with Crippen LogP contribution < -0.4 is 5.32 Å². The van der Waals surface area contributed by atoms with E-state index in [9.17, 15) is 13.2 Å². The summed E-state index contributed by atoms with van der Waals surface area (Å²) in [4.78, 5) is 14.7. The topological polar surface area (TPSA) is 69.7 Å². The highest BCUT2D eigenvalue weighted by Crippen LogP contribution is 2.23. The summed E-state index contributed by atoms with van der Waals surface area (Å²) in [5.41, 5.74) is 0.533. The first-order valence-corrected chi connectivity index (χ1v) is 10.7. The molecule has 0 spiro atoms. The molecule has 7 heteroatoms. The molecule has 1 aliphatic carbocycles. The molecule has 0 bridgehead atoms. The summed E-state index contributed by atoms with van der Waals surface area (Å²) < 4.78 is 27.3. The molecule has 1 atom stereocenters. The number of rotatable bonds is 6. The van der Waals surface area contributed by atoms with E-state index < -0.39 is 10.0 Å². The van der Waals surface area contributed by atoms with Gasteiger partial charge in [0.15, 0.2) is 0 Å². The van der Waals surface area contributed by atoms with Gasteiger partial charge in [-0.05, 0) is 43.5 Å². The Labute approximate surface area is 155 Å². The summed E-state index contributed by atoms with van der Waals surface area (Å²) in [6, 6.07) is 6.57. The van der Waals surface area contributed by atoms with Gasteiger partial charge < -0.3 is 10.2 Å². The largest absolute Gasteiger partial charge is 0.326 e. The van der Waals surface area contributed by atoms with Crippen LogP contribution in [0.2, 0.25) is 0 Å². The number of hydrogen-bond acceptors (Lipinski definition) is 4. The number of piperazine rings is 1. The van der Waals surface area contributed by atoms with E-state index in [1.54, 1.807) is 24.3 Å². The van der Waals surface area contributed by atoms with E-state index in [1.807, 2.05) is 0 Å². The predicted octanol–water partition coefficient (Wildman–Crippen LogP) is 2.31. The number of sulfonamides is 1. The average Bonchev–Trinajstić information content (AvgIpc) is 3.14. The van der Waals surface area contributed by atoms with Gasteiger partial charge in [0.2, 0.25) is 15.9 Å². The van der Waals surface area contributed by atoms with Crippen LogP contribution in [-0.2, 0) is 14.8 Å². The zero-order valence-electron chi connectivity index (χ0n) is 15.2. The van der Waals surface area contributed by atoms with Crippen molar-refractivity contribution in [2.75, 3.05) is 38.0 Å². The van der Waals surface area contributed by atoms with E-state index in [1.165, 1.54) is 4.31 Å². The molecule has 1 aromatic rings. The van der Waals surface area contributed by atoms with Gasteiger partial charge in [0.05, 0.1) is 4.90 Å². The molecule has 6 nitrogen and oxygen atoms in total. The summed E-state index contributed by atoms with van der Waals surface area (Å²) in [6.45, 7) is 5.52. The number of likely N-dealkylation sites (N-methyl/N-ethyl adjacent to an activating group) is 1. The number of amides is 1. The van der Waals surface area contributed by atoms with E-state index in [4.69, 9.17) is 0 Å². The fraction of sp³-hybridized carbons (Fsp3) is 0.526. The molecule has 0 radical (unpaired) electrons. The van der Waals surface area contributed by atoms with Crippen molar-refractivity contribution in [1.29, 1.82) is 0 Å². The maximum absolute atomic E-state index is 12.9. The molecule has 142 valence electrons. The Morgan fingerprint density at radius 2 is 2.00 bits per heavy atom. The Morgan fingerprint density at radius 1 is 1.23 bits per heavy atom. The fourth-order valence-corrected chi connectivity index (χ4v) is 4.95. The second-order valence-corrected chi connectivity index (χ2v) is 8.82. The Balaban J connectivity index is 1.66. The number of carbonyl (C=O) groups is 1. The molecule has 1 heterocycles. The van der Waals surface area contributed by atoms with Gasteiger partial charge in [-0.2, -0.15) is 4.31 Å². The highest BCUT2D eigenvalue weighted by molar-refractivity contribution is 7.89. The van der Waals surface area contributed by atoms with Gasteiger partial charge >= 0.3 is 0 Å². The third-order valence-electron chi connectivity index (χ3n) is 5.09. The molecule has 1 aromatic carbocycles. The maximum Gasteiger partial charge on any atom is 0.243 e. The molecular weight excluding hydrogens is 350 g/mol. The fourth-order valence-electron chi connectivity index (χ4n) is 3.48. The predicted molar refractivity (Wildman–Crippen MR) is 102 cm³/mol. The van der Waals surface area contributed by atoms with Crippen LogP contribution in [0.5, 0.6) is 0 Å². The number of nitrogens with one attached hydrogen (secondary N) is 1. The van der Waals surface area contributed by atoms with Gasteiger partial charge in [0.25, 0.3) is 0 Å². The van der Waals surface area contributed by atoms with Crippen molar-refractivity contribution >= 4 is 21.6 Å². The molecule has 0 saturated carbocycles. The molecule has 1 fully saturated rings. The highest BCUT2D eigenvalue weighted by atomic mass is 32.2. The first kappa shape index (κ1) is 19.1. The number of nitrogens with zero attached hydrogens (tertiary/aromatic N) is 2. The monoisotopic (exact) mass is 377 g/mol. The van der Waals surface area contributed by atoms with Gasteiger partial charge in [0.1, 0.15) is 0 Å². The van der Waals surface area contributed by atoms with E-state index in [0.29, 0.717) is 25.2 Å². The van der Waals surface area contributed by atoms with Crippen LogP contribution in [0.15, 0.2) is 41.3 Å². The van der Waals surface area contributed by atoms with Crippen molar-refractivity contribution in [1.82, 2.24) is 9.21 Å². The standard InChI is InChI=1S/C19H27N3O3S/c1-2-21-10-12-22(13-11-21)26(24,25)18-9-5-8-17(15-18)20-19(23)14-16-6-3-4-7-16/h3,5-6,8-9,15-16H,2,4,7,10-14H2,1H3,(H,20,23). The number of benzene rings is 1. The Bertz CT molecular complexity index is 768. The lowest BCUT2D eigenvalue weighted by molar-refractivity contribution is -0.116. The second kappa shape index (κ2) is 8.33. The summed E-state index contributed by atoms with van der Waals surface area (Å²) in [6.07, 6.45) is 6.65. The SMILES string of the molecule is CCN1CCN(S(=O)(=O)c2cccc(NC(=O)CC3C=CCC3)c2)CC1. The van der Waals surface area contributed by atoms with Crippen LogP contribution in [-0.4, -0.2) is 56.3 Å². The number of anilines is 1. The molecule has 26 heavy (non-hydrogen) atoms. The third kappa shape index (κ3) is 4.52. The zero-order chi connectivity index (χ0) is 18.6. The van der Waals surface area contributed by atoms with Crippen molar-refractivity contribution in [2.24, 2.45) is 5.92 Å². The lowest BCUT2D eigenvalue weighted by atomic mass is 10.1. The van der Waals surface area contributed by atoms with Gasteiger partial charge in [-0.3, -0.25) is 4.79 Å². The minimum Gasteiger partial charge on any atom is -0.326 e. The van der Waals surface area contributed by atoms with Gasteiger partial charge in [-0.1, -0.05) is 25.1 Å². The second-order valence-electron chi connectivity index (χ2n) is 6.88. The minimum absolute atomic E-state index is 0.0762. The minimum atomic E-state index is -3.53. The number of allylic oxidation sites excluding steroid dienone is 2.